The van der Waals surface area contributed by atoms with Crippen molar-refractivity contribution >= 4 is 23.6 Å². The lowest BCUT2D eigenvalue weighted by Gasteiger charge is -2.29. The molecule has 162 valence electrons. The zero-order valence-corrected chi connectivity index (χ0v) is 16.6. The molecule has 0 bridgehead atoms. The molecule has 4 amide bonds. The molecule has 31 heavy (non-hydrogen) atoms. The summed E-state index contributed by atoms with van der Waals surface area (Å²) in [6.45, 7) is 0. The highest BCUT2D eigenvalue weighted by Crippen LogP contribution is 2.10. The summed E-state index contributed by atoms with van der Waals surface area (Å²) in [5, 5.41) is 7.63. The second-order valence-electron chi connectivity index (χ2n) is 7.37. The van der Waals surface area contributed by atoms with Gasteiger partial charge < -0.3 is 21.7 Å². The number of nitrogens with two attached hydrogens (primary N) is 1. The van der Waals surface area contributed by atoms with Crippen LogP contribution in [0.15, 0.2) is 54.6 Å². The van der Waals surface area contributed by atoms with E-state index in [1.807, 2.05) is 30.3 Å². The molecule has 1 heterocycles. The Morgan fingerprint density at radius 2 is 1.61 bits per heavy atom. The number of carbonyl (C=O) groups is 4. The maximum absolute atomic E-state index is 13.4. The number of amides is 4. The summed E-state index contributed by atoms with van der Waals surface area (Å²) < 4.78 is 13.4. The Balaban J connectivity index is 1.56. The normalized spacial score (nSPS) is 19.1. The van der Waals surface area contributed by atoms with Gasteiger partial charge in [-0.15, -0.1) is 0 Å². The van der Waals surface area contributed by atoms with Crippen LogP contribution in [0, 0.1) is 5.82 Å². The molecular weight excluding hydrogens is 403 g/mol. The van der Waals surface area contributed by atoms with Gasteiger partial charge in [0.05, 0.1) is 6.42 Å². The molecule has 2 aromatic rings. The average molecular weight is 426 g/mol. The maximum Gasteiger partial charge on any atom is 0.243 e. The van der Waals surface area contributed by atoms with E-state index in [0.29, 0.717) is 12.0 Å². The Morgan fingerprint density at radius 1 is 0.968 bits per heavy atom. The lowest BCUT2D eigenvalue weighted by atomic mass is 10.0. The zero-order valence-electron chi connectivity index (χ0n) is 16.6. The van der Waals surface area contributed by atoms with Crippen molar-refractivity contribution in [3.8, 4) is 0 Å². The Labute approximate surface area is 178 Å². The van der Waals surface area contributed by atoms with Crippen LogP contribution in [-0.4, -0.2) is 41.8 Å². The van der Waals surface area contributed by atoms with Crippen molar-refractivity contribution in [1.82, 2.24) is 16.0 Å². The van der Waals surface area contributed by atoms with Crippen molar-refractivity contribution in [3.63, 3.8) is 0 Å². The highest BCUT2D eigenvalue weighted by molar-refractivity contribution is 5.99. The Morgan fingerprint density at radius 3 is 2.29 bits per heavy atom. The molecular formula is C22H23FN4O4. The fourth-order valence-electron chi connectivity index (χ4n) is 3.37. The third-order valence-corrected chi connectivity index (χ3v) is 4.95. The standard InChI is InChI=1S/C22H23FN4O4/c23-15-8-4-7-14(9-15)11-16(20(24)29)25-19(28)12-18-22(31)26-17(21(30)27-18)10-13-5-2-1-3-6-13/h1-9,16-18H,10-12H2,(H2,24,29)(H,25,28)(H,26,31)(H,27,30)/t16-,17+,18+/m1/s1. The minimum Gasteiger partial charge on any atom is -0.368 e. The van der Waals surface area contributed by atoms with E-state index in [0.717, 1.165) is 5.56 Å². The fraction of sp³-hybridized carbons (Fsp3) is 0.273. The van der Waals surface area contributed by atoms with E-state index < -0.39 is 47.6 Å². The number of benzene rings is 2. The Kier molecular flexibility index (Phi) is 6.96. The third kappa shape index (κ3) is 6.11. The summed E-state index contributed by atoms with van der Waals surface area (Å²) >= 11 is 0. The van der Waals surface area contributed by atoms with Crippen LogP contribution in [0.5, 0.6) is 0 Å². The Bertz CT molecular complexity index is 982. The summed E-state index contributed by atoms with van der Waals surface area (Å²) in [4.78, 5) is 48.9. The van der Waals surface area contributed by atoms with Gasteiger partial charge in [-0.05, 0) is 23.3 Å². The topological polar surface area (TPSA) is 130 Å². The number of carbonyl (C=O) groups excluding carboxylic acids is 4. The van der Waals surface area contributed by atoms with Crippen molar-refractivity contribution < 1.29 is 23.6 Å². The fourth-order valence-corrected chi connectivity index (χ4v) is 3.37. The van der Waals surface area contributed by atoms with Crippen LogP contribution in [0.25, 0.3) is 0 Å². The largest absolute Gasteiger partial charge is 0.368 e. The van der Waals surface area contributed by atoms with E-state index in [4.69, 9.17) is 5.73 Å². The molecule has 3 rings (SSSR count). The van der Waals surface area contributed by atoms with Crippen molar-refractivity contribution in [2.24, 2.45) is 5.73 Å². The highest BCUT2D eigenvalue weighted by atomic mass is 19.1. The van der Waals surface area contributed by atoms with E-state index in [1.54, 1.807) is 6.07 Å². The summed E-state index contributed by atoms with van der Waals surface area (Å²) in [7, 11) is 0. The van der Waals surface area contributed by atoms with Crippen LogP contribution in [0.3, 0.4) is 0 Å². The molecule has 8 nitrogen and oxygen atoms in total. The predicted molar refractivity (Wildman–Crippen MR) is 110 cm³/mol. The summed E-state index contributed by atoms with van der Waals surface area (Å²) in [6, 6.07) is 11.9. The molecule has 9 heteroatoms. The van der Waals surface area contributed by atoms with Crippen molar-refractivity contribution in [3.05, 3.63) is 71.5 Å². The molecule has 0 unspecified atom stereocenters. The average Bonchev–Trinajstić information content (AvgIpc) is 2.72. The van der Waals surface area contributed by atoms with E-state index in [-0.39, 0.29) is 12.8 Å². The van der Waals surface area contributed by atoms with Gasteiger partial charge >= 0.3 is 0 Å². The molecule has 3 atom stereocenters. The van der Waals surface area contributed by atoms with Crippen molar-refractivity contribution in [2.45, 2.75) is 37.4 Å². The van der Waals surface area contributed by atoms with Gasteiger partial charge in [0.25, 0.3) is 0 Å². The molecule has 2 aromatic carbocycles. The Hall–Kier alpha value is -3.75. The maximum atomic E-state index is 13.4. The SMILES string of the molecule is NC(=O)[C@@H](Cc1cccc(F)c1)NC(=O)C[C@@H]1NC(=O)[C@H](Cc2ccccc2)NC1=O. The summed E-state index contributed by atoms with van der Waals surface area (Å²) in [5.74, 6) is -2.79. The summed E-state index contributed by atoms with van der Waals surface area (Å²) in [6.07, 6.45) is -0.0293. The predicted octanol–water partition coefficient (Wildman–Crippen LogP) is -0.0457. The van der Waals surface area contributed by atoms with Gasteiger partial charge in [0, 0.05) is 12.8 Å². The number of primary amides is 1. The zero-order chi connectivity index (χ0) is 22.4. The van der Waals surface area contributed by atoms with Crippen LogP contribution in [0.1, 0.15) is 17.5 Å². The highest BCUT2D eigenvalue weighted by Gasteiger charge is 2.35. The molecule has 1 fully saturated rings. The van der Waals surface area contributed by atoms with Crippen LogP contribution >= 0.6 is 0 Å². The van der Waals surface area contributed by atoms with Gasteiger partial charge in [0.1, 0.15) is 23.9 Å². The first kappa shape index (κ1) is 21.9. The van der Waals surface area contributed by atoms with E-state index in [9.17, 15) is 23.6 Å². The third-order valence-electron chi connectivity index (χ3n) is 4.95. The van der Waals surface area contributed by atoms with Crippen LogP contribution < -0.4 is 21.7 Å². The molecule has 0 radical (unpaired) electrons. The molecule has 1 saturated heterocycles. The van der Waals surface area contributed by atoms with Crippen LogP contribution in [0.4, 0.5) is 4.39 Å². The second kappa shape index (κ2) is 9.84. The van der Waals surface area contributed by atoms with Gasteiger partial charge in [0.2, 0.25) is 23.6 Å². The lowest BCUT2D eigenvalue weighted by molar-refractivity contribution is -0.138. The quantitative estimate of drug-likeness (QED) is 0.472. The molecule has 0 aliphatic carbocycles. The lowest BCUT2D eigenvalue weighted by Crippen LogP contribution is -2.63. The second-order valence-corrected chi connectivity index (χ2v) is 7.37. The molecule has 5 N–H and O–H groups in total. The van der Waals surface area contributed by atoms with Crippen molar-refractivity contribution in [1.29, 1.82) is 0 Å². The molecule has 0 aromatic heterocycles. The van der Waals surface area contributed by atoms with Crippen LogP contribution in [-0.2, 0) is 32.0 Å². The number of halogens is 1. The number of piperazine rings is 1. The first-order chi connectivity index (χ1) is 14.8. The monoisotopic (exact) mass is 426 g/mol. The minimum absolute atomic E-state index is 0.00120. The van der Waals surface area contributed by atoms with E-state index >= 15 is 0 Å². The first-order valence-electron chi connectivity index (χ1n) is 9.79. The van der Waals surface area contributed by atoms with Crippen LogP contribution in [0.2, 0.25) is 0 Å². The number of hydrogen-bond acceptors (Lipinski definition) is 4. The van der Waals surface area contributed by atoms with Crippen molar-refractivity contribution in [2.75, 3.05) is 0 Å². The molecule has 0 saturated carbocycles. The van der Waals surface area contributed by atoms with Gasteiger partial charge in [-0.1, -0.05) is 42.5 Å². The number of nitrogens with one attached hydrogen (secondary N) is 3. The first-order valence-corrected chi connectivity index (χ1v) is 9.79. The van der Waals surface area contributed by atoms with Gasteiger partial charge in [-0.3, -0.25) is 19.2 Å². The molecule has 0 spiro atoms. The van der Waals surface area contributed by atoms with Gasteiger partial charge in [-0.2, -0.15) is 0 Å². The molecule has 1 aliphatic heterocycles. The number of hydrogen-bond donors (Lipinski definition) is 4. The number of rotatable bonds is 8. The van der Waals surface area contributed by atoms with E-state index in [1.165, 1.54) is 18.2 Å². The minimum atomic E-state index is -1.08. The smallest absolute Gasteiger partial charge is 0.243 e. The summed E-state index contributed by atoms with van der Waals surface area (Å²) in [5.41, 5.74) is 6.72. The molecule has 1 aliphatic rings. The van der Waals surface area contributed by atoms with E-state index in [2.05, 4.69) is 16.0 Å². The van der Waals surface area contributed by atoms with Gasteiger partial charge in [0.15, 0.2) is 0 Å². The van der Waals surface area contributed by atoms with Gasteiger partial charge in [-0.25, -0.2) is 4.39 Å².